The molecular weight excluding hydrogens is 338 g/mol. The highest BCUT2D eigenvalue weighted by molar-refractivity contribution is 5.65. The summed E-state index contributed by atoms with van der Waals surface area (Å²) in [6.07, 6.45) is 0. The molecule has 0 saturated heterocycles. The van der Waals surface area contributed by atoms with E-state index in [0.29, 0.717) is 6.61 Å². The maximum atomic E-state index is 9.82. The van der Waals surface area contributed by atoms with Crippen molar-refractivity contribution in [2.24, 2.45) is 0 Å². The van der Waals surface area contributed by atoms with Crippen molar-refractivity contribution in [3.05, 3.63) is 0 Å². The molecule has 0 spiro atoms. The number of nitrogens with zero attached hydrogens (tertiary/aromatic N) is 3. The maximum Gasteiger partial charge on any atom is 0.302 e. The van der Waals surface area contributed by atoms with Gasteiger partial charge in [-0.15, -0.1) is 0 Å². The number of rotatable bonds is 10. The molecule has 27 heavy (non-hydrogen) atoms. The predicted octanol–water partition coefficient (Wildman–Crippen LogP) is 4.61. The van der Waals surface area contributed by atoms with Gasteiger partial charge >= 0.3 is 5.97 Å². The number of hydrogen-bond acceptors (Lipinski definition) is 5. The third kappa shape index (κ3) is 33.4. The van der Waals surface area contributed by atoms with Crippen LogP contribution in [0.25, 0.3) is 0 Å². The second kappa shape index (κ2) is 30.1. The Hall–Kier alpha value is -0.650. The predicted molar refractivity (Wildman–Crippen MR) is 123 cm³/mol. The molecule has 0 bridgehead atoms. The fourth-order valence-electron chi connectivity index (χ4n) is 2.22. The number of carbonyl (C=O) groups excluding carboxylic acids is 1. The molecule has 0 unspecified atom stereocenters. The molecule has 0 rings (SSSR count). The Labute approximate surface area is 172 Å². The zero-order valence-electron chi connectivity index (χ0n) is 20.7. The molecule has 0 aromatic heterocycles. The Kier molecular flexibility index (Phi) is 37.8. The first-order valence-electron chi connectivity index (χ1n) is 11.1. The second-order valence-corrected chi connectivity index (χ2v) is 5.78. The van der Waals surface area contributed by atoms with E-state index in [-0.39, 0.29) is 5.97 Å². The van der Waals surface area contributed by atoms with Gasteiger partial charge in [0.2, 0.25) is 0 Å². The van der Waals surface area contributed by atoms with E-state index in [1.807, 2.05) is 0 Å². The molecule has 0 aromatic rings. The fourth-order valence-corrected chi connectivity index (χ4v) is 2.22. The quantitative estimate of drug-likeness (QED) is 0.508. The van der Waals surface area contributed by atoms with Crippen LogP contribution in [0.2, 0.25) is 0 Å². The van der Waals surface area contributed by atoms with Crippen LogP contribution in [0.3, 0.4) is 0 Å². The summed E-state index contributed by atoms with van der Waals surface area (Å²) in [7, 11) is 0. The van der Waals surface area contributed by atoms with Crippen molar-refractivity contribution < 1.29 is 9.53 Å². The van der Waals surface area contributed by atoms with Crippen LogP contribution in [-0.2, 0) is 9.53 Å². The largest absolute Gasteiger partial charge is 0.466 e. The fraction of sp³-hybridized carbons (Fsp3) is 0.955. The molecule has 5 heteroatoms. The maximum absolute atomic E-state index is 9.82. The topological polar surface area (TPSA) is 36.0 Å². The molecule has 0 aliphatic rings. The van der Waals surface area contributed by atoms with Gasteiger partial charge in [0.15, 0.2) is 0 Å². The Morgan fingerprint density at radius 1 is 0.519 bits per heavy atom. The van der Waals surface area contributed by atoms with Gasteiger partial charge in [-0.1, -0.05) is 62.3 Å². The summed E-state index contributed by atoms with van der Waals surface area (Å²) in [5.74, 6) is -0.211. The summed E-state index contributed by atoms with van der Waals surface area (Å²) in [5.41, 5.74) is 0. The Bertz CT molecular complexity index is 207. The molecule has 0 radical (unpaired) electrons. The van der Waals surface area contributed by atoms with E-state index in [1.165, 1.54) is 65.8 Å². The van der Waals surface area contributed by atoms with E-state index < -0.39 is 0 Å². The van der Waals surface area contributed by atoms with E-state index in [2.05, 4.69) is 81.8 Å². The zero-order valence-corrected chi connectivity index (χ0v) is 20.7. The van der Waals surface area contributed by atoms with E-state index in [9.17, 15) is 4.79 Å². The zero-order chi connectivity index (χ0) is 22.1. The van der Waals surface area contributed by atoms with Crippen molar-refractivity contribution >= 4 is 5.97 Å². The van der Waals surface area contributed by atoms with Gasteiger partial charge in [-0.25, -0.2) is 0 Å². The first kappa shape index (κ1) is 33.9. The molecule has 0 amide bonds. The molecule has 5 nitrogen and oxygen atoms in total. The first-order valence-corrected chi connectivity index (χ1v) is 11.1. The lowest BCUT2D eigenvalue weighted by Gasteiger charge is -2.13. The number of hydrogen-bond donors (Lipinski definition) is 0. The minimum Gasteiger partial charge on any atom is -0.466 e. The van der Waals surface area contributed by atoms with Crippen LogP contribution in [0.5, 0.6) is 0 Å². The smallest absolute Gasteiger partial charge is 0.302 e. The molecular formula is C22H53N3O2. The molecule has 0 heterocycles. The van der Waals surface area contributed by atoms with Crippen LogP contribution in [0.4, 0.5) is 0 Å². The monoisotopic (exact) mass is 391 g/mol. The SMILES string of the molecule is CCN(CC)CC.CCN(CC)CC.CCN(CC)CC.CCOC(C)=O. The molecule has 0 N–H and O–H groups in total. The number of ether oxygens (including phenoxy) is 1. The van der Waals surface area contributed by atoms with Crippen LogP contribution in [0.15, 0.2) is 0 Å². The minimum atomic E-state index is -0.211. The number of carbonyl (C=O) groups is 1. The Balaban J connectivity index is -0.000000131. The minimum absolute atomic E-state index is 0.211. The van der Waals surface area contributed by atoms with E-state index in [0.717, 1.165) is 0 Å². The lowest BCUT2D eigenvalue weighted by molar-refractivity contribution is -0.140. The molecule has 0 aromatic carbocycles. The highest BCUT2D eigenvalue weighted by Gasteiger charge is 1.90. The molecule has 168 valence electrons. The Morgan fingerprint density at radius 2 is 0.704 bits per heavy atom. The van der Waals surface area contributed by atoms with Crippen molar-refractivity contribution in [1.29, 1.82) is 0 Å². The average Bonchev–Trinajstić information content (AvgIpc) is 2.67. The van der Waals surface area contributed by atoms with E-state index in [4.69, 9.17) is 0 Å². The summed E-state index contributed by atoms with van der Waals surface area (Å²) in [6, 6.07) is 0. The van der Waals surface area contributed by atoms with Gasteiger partial charge < -0.3 is 19.4 Å². The van der Waals surface area contributed by atoms with Gasteiger partial charge in [-0.2, -0.15) is 0 Å². The second-order valence-electron chi connectivity index (χ2n) is 5.78. The third-order valence-electron chi connectivity index (χ3n) is 4.37. The van der Waals surface area contributed by atoms with Crippen LogP contribution >= 0.6 is 0 Å². The normalized spacial score (nSPS) is 9.70. The van der Waals surface area contributed by atoms with Gasteiger partial charge in [0.1, 0.15) is 0 Å². The lowest BCUT2D eigenvalue weighted by Crippen LogP contribution is -2.21. The average molecular weight is 392 g/mol. The summed E-state index contributed by atoms with van der Waals surface area (Å²) < 4.78 is 4.40. The van der Waals surface area contributed by atoms with Crippen molar-refractivity contribution in [2.75, 3.05) is 65.5 Å². The highest BCUT2D eigenvalue weighted by Crippen LogP contribution is 1.82. The Morgan fingerprint density at radius 3 is 0.704 bits per heavy atom. The van der Waals surface area contributed by atoms with E-state index >= 15 is 0 Å². The van der Waals surface area contributed by atoms with Crippen molar-refractivity contribution in [2.45, 2.75) is 76.2 Å². The summed E-state index contributed by atoms with van der Waals surface area (Å²) in [5, 5.41) is 0. The molecule has 0 atom stereocenters. The van der Waals surface area contributed by atoms with Gasteiger partial charge in [0.05, 0.1) is 6.61 Å². The molecule has 0 saturated carbocycles. The summed E-state index contributed by atoms with van der Waals surface area (Å²) in [4.78, 5) is 16.9. The van der Waals surface area contributed by atoms with Gasteiger partial charge in [-0.3, -0.25) is 4.79 Å². The van der Waals surface area contributed by atoms with Gasteiger partial charge in [0, 0.05) is 6.92 Å². The van der Waals surface area contributed by atoms with Crippen molar-refractivity contribution in [1.82, 2.24) is 14.7 Å². The van der Waals surface area contributed by atoms with Crippen LogP contribution in [-0.4, -0.2) is 86.2 Å². The highest BCUT2D eigenvalue weighted by atomic mass is 16.5. The first-order chi connectivity index (χ1) is 12.8. The molecule has 0 aliphatic carbocycles. The lowest BCUT2D eigenvalue weighted by atomic mass is 10.5. The van der Waals surface area contributed by atoms with Crippen LogP contribution in [0.1, 0.15) is 76.2 Å². The summed E-state index contributed by atoms with van der Waals surface area (Å²) >= 11 is 0. The van der Waals surface area contributed by atoms with Crippen molar-refractivity contribution in [3.63, 3.8) is 0 Å². The molecule has 0 aliphatic heterocycles. The standard InChI is InChI=1S/3C6H15N.C4H8O2/c3*1-4-7(5-2)6-3;1-3-6-4(2)5/h3*4-6H2,1-3H3;3H2,1-2H3. The number of esters is 1. The van der Waals surface area contributed by atoms with Crippen molar-refractivity contribution in [3.8, 4) is 0 Å². The van der Waals surface area contributed by atoms with Crippen LogP contribution < -0.4 is 0 Å². The third-order valence-corrected chi connectivity index (χ3v) is 4.37. The summed E-state index contributed by atoms with van der Waals surface area (Å²) in [6.45, 7) is 34.0. The van der Waals surface area contributed by atoms with Gasteiger partial charge in [0.25, 0.3) is 0 Å². The molecule has 0 fully saturated rings. The van der Waals surface area contributed by atoms with Gasteiger partial charge in [-0.05, 0) is 65.8 Å². The van der Waals surface area contributed by atoms with Crippen LogP contribution in [0, 0.1) is 0 Å². The van der Waals surface area contributed by atoms with E-state index in [1.54, 1.807) is 6.92 Å².